The molecular formula is C23H24N2O2. The molecule has 0 aliphatic heterocycles. The molecule has 138 valence electrons. The smallest absolute Gasteiger partial charge is 0.257 e. The third kappa shape index (κ3) is 4.53. The van der Waals surface area contributed by atoms with E-state index in [0.29, 0.717) is 12.1 Å². The van der Waals surface area contributed by atoms with Crippen LogP contribution in [0.5, 0.6) is 0 Å². The number of anilines is 1. The molecule has 3 aromatic rings. The highest BCUT2D eigenvalue weighted by molar-refractivity contribution is 6.04. The van der Waals surface area contributed by atoms with Gasteiger partial charge in [0, 0.05) is 18.0 Å². The van der Waals surface area contributed by atoms with Crippen molar-refractivity contribution >= 4 is 11.6 Å². The zero-order chi connectivity index (χ0) is 19.6. The topological polar surface area (TPSA) is 51.1 Å². The number of aryl methyl sites for hydroxylation is 4. The van der Waals surface area contributed by atoms with E-state index in [1.807, 2.05) is 45.9 Å². The summed E-state index contributed by atoms with van der Waals surface area (Å²) in [6.07, 6.45) is 1.63. The molecule has 2 aromatic carbocycles. The number of pyridine rings is 1. The van der Waals surface area contributed by atoms with Crippen LogP contribution in [0, 0.1) is 27.7 Å². The van der Waals surface area contributed by atoms with Crippen molar-refractivity contribution in [2.75, 3.05) is 5.32 Å². The van der Waals surface area contributed by atoms with Crippen LogP contribution >= 0.6 is 0 Å². The number of aromatic nitrogens is 1. The molecule has 4 heteroatoms. The lowest BCUT2D eigenvalue weighted by Gasteiger charge is -2.12. The van der Waals surface area contributed by atoms with E-state index < -0.39 is 0 Å². The van der Waals surface area contributed by atoms with Gasteiger partial charge in [-0.25, -0.2) is 0 Å². The van der Waals surface area contributed by atoms with Crippen LogP contribution in [0.1, 0.15) is 38.2 Å². The van der Waals surface area contributed by atoms with Crippen LogP contribution in [0.25, 0.3) is 0 Å². The zero-order valence-electron chi connectivity index (χ0n) is 16.2. The van der Waals surface area contributed by atoms with Gasteiger partial charge in [-0.15, -0.1) is 0 Å². The summed E-state index contributed by atoms with van der Waals surface area (Å²) in [7, 11) is 0. The van der Waals surface area contributed by atoms with Crippen LogP contribution in [0.4, 0.5) is 5.69 Å². The van der Waals surface area contributed by atoms with Gasteiger partial charge in [0.1, 0.15) is 0 Å². The van der Waals surface area contributed by atoms with Gasteiger partial charge in [0.05, 0.1) is 12.1 Å². The lowest BCUT2D eigenvalue weighted by atomic mass is 10.1. The van der Waals surface area contributed by atoms with Crippen LogP contribution in [0.3, 0.4) is 0 Å². The second kappa shape index (κ2) is 7.62. The summed E-state index contributed by atoms with van der Waals surface area (Å²) < 4.78 is 1.58. The van der Waals surface area contributed by atoms with E-state index in [1.165, 1.54) is 6.07 Å². The number of rotatable bonds is 4. The number of nitrogens with one attached hydrogen (secondary N) is 1. The average molecular weight is 360 g/mol. The van der Waals surface area contributed by atoms with E-state index in [2.05, 4.69) is 23.5 Å². The summed E-state index contributed by atoms with van der Waals surface area (Å²) in [5.74, 6) is -0.227. The van der Waals surface area contributed by atoms with Crippen molar-refractivity contribution in [2.24, 2.45) is 0 Å². The molecule has 1 amide bonds. The summed E-state index contributed by atoms with van der Waals surface area (Å²) >= 11 is 0. The van der Waals surface area contributed by atoms with Crippen LogP contribution in [0.15, 0.2) is 59.5 Å². The maximum atomic E-state index is 12.6. The fourth-order valence-electron chi connectivity index (χ4n) is 3.19. The quantitative estimate of drug-likeness (QED) is 0.750. The van der Waals surface area contributed by atoms with Gasteiger partial charge in [-0.3, -0.25) is 9.59 Å². The van der Waals surface area contributed by atoms with Crippen LogP contribution < -0.4 is 10.9 Å². The third-order valence-electron chi connectivity index (χ3n) is 4.57. The van der Waals surface area contributed by atoms with Crippen molar-refractivity contribution in [1.82, 2.24) is 4.57 Å². The molecular weight excluding hydrogens is 336 g/mol. The van der Waals surface area contributed by atoms with E-state index in [4.69, 9.17) is 0 Å². The van der Waals surface area contributed by atoms with Crippen molar-refractivity contribution in [1.29, 1.82) is 0 Å². The number of benzene rings is 2. The molecule has 0 saturated carbocycles. The second-order valence-corrected chi connectivity index (χ2v) is 7.14. The summed E-state index contributed by atoms with van der Waals surface area (Å²) in [4.78, 5) is 24.9. The first-order valence-electron chi connectivity index (χ1n) is 8.98. The molecule has 1 N–H and O–H groups in total. The van der Waals surface area contributed by atoms with E-state index in [9.17, 15) is 9.59 Å². The lowest BCUT2D eigenvalue weighted by molar-refractivity contribution is 0.102. The molecule has 0 spiro atoms. The maximum absolute atomic E-state index is 12.6. The standard InChI is InChI=1S/C23H24N2O2/c1-15-5-6-18(4)20(10-15)14-25-13-19(7-8-22(25)26)23(27)24-21-11-16(2)9-17(3)12-21/h5-13H,14H2,1-4H3,(H,24,27). The van der Waals surface area contributed by atoms with Crippen LogP contribution in [-0.2, 0) is 6.54 Å². The lowest BCUT2D eigenvalue weighted by Crippen LogP contribution is -2.23. The third-order valence-corrected chi connectivity index (χ3v) is 4.57. The minimum atomic E-state index is -0.227. The molecule has 0 unspecified atom stereocenters. The van der Waals surface area contributed by atoms with Crippen molar-refractivity contribution in [3.63, 3.8) is 0 Å². The van der Waals surface area contributed by atoms with Gasteiger partial charge in [0.25, 0.3) is 11.5 Å². The molecule has 0 aliphatic carbocycles. The van der Waals surface area contributed by atoms with Gasteiger partial charge in [0.15, 0.2) is 0 Å². The molecule has 4 nitrogen and oxygen atoms in total. The van der Waals surface area contributed by atoms with Gasteiger partial charge in [0.2, 0.25) is 0 Å². The molecule has 3 rings (SSSR count). The van der Waals surface area contributed by atoms with Crippen molar-refractivity contribution in [2.45, 2.75) is 34.2 Å². The van der Waals surface area contributed by atoms with Crippen molar-refractivity contribution in [3.05, 3.63) is 98.5 Å². The molecule has 0 atom stereocenters. The van der Waals surface area contributed by atoms with Gasteiger partial charge < -0.3 is 9.88 Å². The Morgan fingerprint density at radius 3 is 2.30 bits per heavy atom. The minimum absolute atomic E-state index is 0.126. The minimum Gasteiger partial charge on any atom is -0.322 e. The van der Waals surface area contributed by atoms with Crippen LogP contribution in [-0.4, -0.2) is 10.5 Å². The summed E-state index contributed by atoms with van der Waals surface area (Å²) in [6, 6.07) is 15.1. The predicted molar refractivity (Wildman–Crippen MR) is 110 cm³/mol. The van der Waals surface area contributed by atoms with Crippen molar-refractivity contribution < 1.29 is 4.79 Å². The largest absolute Gasteiger partial charge is 0.322 e. The number of carbonyl (C=O) groups excluding carboxylic acids is 1. The average Bonchev–Trinajstić information content (AvgIpc) is 2.59. The van der Waals surface area contributed by atoms with Crippen LogP contribution in [0.2, 0.25) is 0 Å². The van der Waals surface area contributed by atoms with Gasteiger partial charge >= 0.3 is 0 Å². The Labute approximate surface area is 159 Å². The number of nitrogens with zero attached hydrogens (tertiary/aromatic N) is 1. The summed E-state index contributed by atoms with van der Waals surface area (Å²) in [5.41, 5.74) is 6.60. The normalized spacial score (nSPS) is 10.7. The van der Waals surface area contributed by atoms with Gasteiger partial charge in [-0.1, -0.05) is 29.8 Å². The number of carbonyl (C=O) groups is 1. The fraction of sp³-hybridized carbons (Fsp3) is 0.217. The molecule has 0 fully saturated rings. The Bertz CT molecular complexity index is 1040. The number of hydrogen-bond acceptors (Lipinski definition) is 2. The first kappa shape index (κ1) is 18.6. The zero-order valence-corrected chi connectivity index (χ0v) is 16.2. The molecule has 0 saturated heterocycles. The molecule has 1 heterocycles. The van der Waals surface area contributed by atoms with Gasteiger partial charge in [-0.2, -0.15) is 0 Å². The molecule has 1 aromatic heterocycles. The Hall–Kier alpha value is -3.14. The Balaban J connectivity index is 1.87. The molecule has 0 bridgehead atoms. The van der Waals surface area contributed by atoms with E-state index >= 15 is 0 Å². The van der Waals surface area contributed by atoms with E-state index in [0.717, 1.165) is 33.5 Å². The first-order chi connectivity index (χ1) is 12.8. The Kier molecular flexibility index (Phi) is 5.26. The van der Waals surface area contributed by atoms with Gasteiger partial charge in [-0.05, 0) is 68.1 Å². The fourth-order valence-corrected chi connectivity index (χ4v) is 3.19. The second-order valence-electron chi connectivity index (χ2n) is 7.14. The first-order valence-corrected chi connectivity index (χ1v) is 8.98. The highest BCUT2D eigenvalue weighted by atomic mass is 16.2. The van der Waals surface area contributed by atoms with E-state index in [1.54, 1.807) is 16.8 Å². The Morgan fingerprint density at radius 2 is 1.59 bits per heavy atom. The molecule has 0 radical (unpaired) electrons. The SMILES string of the molecule is Cc1cc(C)cc(NC(=O)c2ccc(=O)n(Cc3cc(C)ccc3C)c2)c1. The monoisotopic (exact) mass is 360 g/mol. The summed E-state index contributed by atoms with van der Waals surface area (Å²) in [5, 5.41) is 2.92. The Morgan fingerprint density at radius 1 is 0.889 bits per heavy atom. The summed E-state index contributed by atoms with van der Waals surface area (Å²) in [6.45, 7) is 8.48. The highest BCUT2D eigenvalue weighted by Crippen LogP contribution is 2.15. The molecule has 27 heavy (non-hydrogen) atoms. The highest BCUT2D eigenvalue weighted by Gasteiger charge is 2.10. The predicted octanol–water partition coefficient (Wildman–Crippen LogP) is 4.38. The maximum Gasteiger partial charge on any atom is 0.257 e. The van der Waals surface area contributed by atoms with Crippen molar-refractivity contribution in [3.8, 4) is 0 Å². The number of hydrogen-bond donors (Lipinski definition) is 1. The number of amides is 1. The van der Waals surface area contributed by atoms with E-state index in [-0.39, 0.29) is 11.5 Å². The molecule has 0 aliphatic rings.